The molecule has 0 heterocycles. The quantitative estimate of drug-likeness (QED) is 0.0416. The van der Waals surface area contributed by atoms with Crippen molar-refractivity contribution in [3.05, 3.63) is 36.5 Å². The van der Waals surface area contributed by atoms with Gasteiger partial charge in [0.2, 0.25) is 0 Å². The van der Waals surface area contributed by atoms with E-state index in [2.05, 4.69) is 19.7 Å². The highest BCUT2D eigenvalue weighted by molar-refractivity contribution is 5.87. The van der Waals surface area contributed by atoms with Crippen LogP contribution >= 0.6 is 0 Å². The largest absolute Gasteiger partial charge is 0.460 e. The number of hydrogen-bond acceptors (Lipinski definition) is 15. The number of carbonyl (C=O) groups excluding carboxylic acids is 3. The van der Waals surface area contributed by atoms with Gasteiger partial charge in [0.15, 0.2) is 0 Å². The number of carbonyl (C=O) groups is 3. The molecule has 0 aromatic rings. The average molecular weight is 609 g/mol. The molecule has 0 aliphatic heterocycles. The van der Waals surface area contributed by atoms with Crippen molar-refractivity contribution in [2.45, 2.75) is 63.5 Å². The predicted octanol–water partition coefficient (Wildman–Crippen LogP) is -2.07. The van der Waals surface area contributed by atoms with E-state index >= 15 is 0 Å². The molecular weight excluding hydrogens is 564 g/mol. The highest BCUT2D eigenvalue weighted by Crippen LogP contribution is 2.15. The van der Waals surface area contributed by atoms with Crippen LogP contribution in [0.4, 0.5) is 0 Å². The van der Waals surface area contributed by atoms with E-state index < -0.39 is 113 Å². The maximum Gasteiger partial charge on any atom is 0.333 e. The fourth-order valence-electron chi connectivity index (χ4n) is 2.81. The third kappa shape index (κ3) is 16.6. The summed E-state index contributed by atoms with van der Waals surface area (Å²) in [5, 5.41) is 61.4. The summed E-state index contributed by atoms with van der Waals surface area (Å²) in [5.74, 6) is -2.21. The molecule has 0 saturated heterocycles. The first-order valence-corrected chi connectivity index (χ1v) is 12.9. The Labute approximate surface area is 244 Å². The van der Waals surface area contributed by atoms with Crippen LogP contribution in [0, 0.1) is 0 Å². The number of ether oxygens (including phenoxy) is 6. The number of hydrogen-bond donors (Lipinski definition) is 6. The molecule has 0 aliphatic carbocycles. The molecule has 242 valence electrons. The summed E-state index contributed by atoms with van der Waals surface area (Å²) in [4.78, 5) is 34.5. The molecule has 0 saturated carbocycles. The lowest BCUT2D eigenvalue weighted by Crippen LogP contribution is -2.51. The molecule has 7 atom stereocenters. The summed E-state index contributed by atoms with van der Waals surface area (Å²) in [5.41, 5.74) is 0.338. The second-order valence-corrected chi connectivity index (χ2v) is 9.55. The summed E-state index contributed by atoms with van der Waals surface area (Å²) < 4.78 is 30.5. The second-order valence-electron chi connectivity index (χ2n) is 9.55. The lowest BCUT2D eigenvalue weighted by atomic mass is 10.0. The molecule has 0 amide bonds. The summed E-state index contributed by atoms with van der Waals surface area (Å²) >= 11 is 0. The summed E-state index contributed by atoms with van der Waals surface area (Å²) in [7, 11) is 0. The van der Waals surface area contributed by atoms with E-state index in [1.54, 1.807) is 0 Å². The molecule has 0 fully saturated rings. The van der Waals surface area contributed by atoms with Gasteiger partial charge in [0.25, 0.3) is 0 Å². The van der Waals surface area contributed by atoms with E-state index in [0.717, 1.165) is 0 Å². The monoisotopic (exact) mass is 608 g/mol. The molecule has 6 N–H and O–H groups in total. The molecule has 0 aromatic heterocycles. The van der Waals surface area contributed by atoms with Crippen molar-refractivity contribution in [3.63, 3.8) is 0 Å². The van der Waals surface area contributed by atoms with Crippen LogP contribution in [0.5, 0.6) is 0 Å². The van der Waals surface area contributed by atoms with E-state index in [4.69, 9.17) is 28.4 Å². The number of aliphatic hydroxyl groups is 6. The minimum atomic E-state index is -1.77. The minimum absolute atomic E-state index is 0.0973. The maximum absolute atomic E-state index is 11.5. The lowest BCUT2D eigenvalue weighted by molar-refractivity contribution is -0.183. The smallest absolute Gasteiger partial charge is 0.333 e. The van der Waals surface area contributed by atoms with Crippen molar-refractivity contribution in [3.8, 4) is 0 Å². The average Bonchev–Trinajstić information content (AvgIpc) is 2.93. The highest BCUT2D eigenvalue weighted by atomic mass is 16.6. The Morgan fingerprint density at radius 2 is 0.976 bits per heavy atom. The molecular formula is C27H44O15. The Bertz CT molecular complexity index is 889. The Morgan fingerprint density at radius 3 is 1.36 bits per heavy atom. The number of aliphatic hydroxyl groups excluding tert-OH is 6. The van der Waals surface area contributed by atoms with Crippen LogP contribution in [0.1, 0.15) is 20.8 Å². The van der Waals surface area contributed by atoms with Gasteiger partial charge in [-0.25, -0.2) is 14.4 Å². The van der Waals surface area contributed by atoms with Crippen molar-refractivity contribution in [2.24, 2.45) is 0 Å². The van der Waals surface area contributed by atoms with Gasteiger partial charge in [0.05, 0.1) is 33.0 Å². The van der Waals surface area contributed by atoms with Crippen LogP contribution in [0.15, 0.2) is 36.5 Å². The van der Waals surface area contributed by atoms with Crippen LogP contribution in [0.25, 0.3) is 0 Å². The van der Waals surface area contributed by atoms with E-state index in [9.17, 15) is 45.0 Å². The van der Waals surface area contributed by atoms with Crippen molar-refractivity contribution in [1.29, 1.82) is 0 Å². The van der Waals surface area contributed by atoms with Crippen LogP contribution in [0.2, 0.25) is 0 Å². The molecule has 15 nitrogen and oxygen atoms in total. The molecule has 15 heteroatoms. The van der Waals surface area contributed by atoms with Gasteiger partial charge in [-0.3, -0.25) is 0 Å². The van der Waals surface area contributed by atoms with Gasteiger partial charge in [0.1, 0.15) is 62.5 Å². The summed E-state index contributed by atoms with van der Waals surface area (Å²) in [6, 6.07) is 0. The molecule has 0 aliphatic rings. The third-order valence-corrected chi connectivity index (χ3v) is 5.13. The predicted molar refractivity (Wildman–Crippen MR) is 145 cm³/mol. The van der Waals surface area contributed by atoms with Gasteiger partial charge in [-0.05, 0) is 20.8 Å². The zero-order chi connectivity index (χ0) is 32.4. The van der Waals surface area contributed by atoms with Gasteiger partial charge in [-0.2, -0.15) is 0 Å². The topological polar surface area (TPSA) is 228 Å². The van der Waals surface area contributed by atoms with E-state index in [-0.39, 0.29) is 16.7 Å². The van der Waals surface area contributed by atoms with E-state index in [1.807, 2.05) is 0 Å². The van der Waals surface area contributed by atoms with Crippen molar-refractivity contribution >= 4 is 17.9 Å². The van der Waals surface area contributed by atoms with Crippen LogP contribution in [0.3, 0.4) is 0 Å². The molecule has 7 unspecified atom stereocenters. The van der Waals surface area contributed by atoms with Gasteiger partial charge in [0, 0.05) is 16.7 Å². The standard InChI is InChI=1S/C27H44O15/c1-15(2)25(34)40-11-18(29)8-37-14-21(32)24(39-10-20(31)13-42-27(36)17(5)6)23(33)22(7-28)38-9-19(30)12-41-26(35)16(3)4/h18-24,28-33H,1,3,5,7-14H2,2,4,6H3. The number of rotatable bonds is 23. The molecule has 0 aromatic carbocycles. The Kier molecular flexibility index (Phi) is 19.7. The zero-order valence-electron chi connectivity index (χ0n) is 24.2. The SMILES string of the molecule is C=C(C)C(=O)OCC(O)COCC(O)C(OCC(O)COC(=O)C(=C)C)C(O)C(CO)OCC(O)COC(=O)C(=C)C. The molecule has 0 rings (SSSR count). The maximum atomic E-state index is 11.5. The van der Waals surface area contributed by atoms with Gasteiger partial charge < -0.3 is 59.1 Å². The Balaban J connectivity index is 5.25. The van der Waals surface area contributed by atoms with Gasteiger partial charge >= 0.3 is 17.9 Å². The summed E-state index contributed by atoms with van der Waals surface area (Å²) in [6.45, 7) is 10.3. The van der Waals surface area contributed by atoms with Crippen LogP contribution in [-0.4, -0.2) is 144 Å². The first kappa shape index (κ1) is 39.3. The third-order valence-electron chi connectivity index (χ3n) is 5.13. The Morgan fingerprint density at radius 1 is 0.595 bits per heavy atom. The fraction of sp³-hybridized carbons (Fsp3) is 0.667. The normalized spacial score (nSPS) is 16.2. The minimum Gasteiger partial charge on any atom is -0.460 e. The number of esters is 3. The Hall–Kier alpha value is -2.73. The second kappa shape index (κ2) is 21.0. The van der Waals surface area contributed by atoms with Gasteiger partial charge in [-0.1, -0.05) is 19.7 Å². The molecule has 0 spiro atoms. The van der Waals surface area contributed by atoms with Crippen molar-refractivity contribution in [1.82, 2.24) is 0 Å². The van der Waals surface area contributed by atoms with Crippen LogP contribution in [-0.2, 0) is 42.8 Å². The first-order valence-electron chi connectivity index (χ1n) is 12.9. The van der Waals surface area contributed by atoms with E-state index in [1.165, 1.54) is 20.8 Å². The lowest BCUT2D eigenvalue weighted by Gasteiger charge is -2.33. The zero-order valence-corrected chi connectivity index (χ0v) is 24.2. The highest BCUT2D eigenvalue weighted by Gasteiger charge is 2.35. The van der Waals surface area contributed by atoms with Crippen molar-refractivity contribution < 1.29 is 73.4 Å². The first-order chi connectivity index (χ1) is 19.6. The van der Waals surface area contributed by atoms with E-state index in [0.29, 0.717) is 0 Å². The molecule has 42 heavy (non-hydrogen) atoms. The fourth-order valence-corrected chi connectivity index (χ4v) is 2.81. The summed E-state index contributed by atoms with van der Waals surface area (Å²) in [6.07, 6.45) is -10.4. The van der Waals surface area contributed by atoms with Gasteiger partial charge in [-0.15, -0.1) is 0 Å². The molecule has 0 bridgehead atoms. The molecule has 0 radical (unpaired) electrons. The van der Waals surface area contributed by atoms with Crippen molar-refractivity contribution in [2.75, 3.05) is 52.9 Å². The van der Waals surface area contributed by atoms with Crippen LogP contribution < -0.4 is 0 Å².